The Kier molecular flexibility index (Phi) is 8.32. The van der Waals surface area contributed by atoms with Gasteiger partial charge in [0.1, 0.15) is 5.69 Å². The zero-order chi connectivity index (χ0) is 27.4. The van der Waals surface area contributed by atoms with Crippen molar-refractivity contribution < 1.29 is 13.2 Å². The van der Waals surface area contributed by atoms with Gasteiger partial charge in [-0.3, -0.25) is 9.80 Å². The molecule has 1 aliphatic rings. The predicted octanol–water partition coefficient (Wildman–Crippen LogP) is 6.41. The molecule has 2 heterocycles. The molecule has 0 N–H and O–H groups in total. The lowest BCUT2D eigenvalue weighted by molar-refractivity contribution is -0.137. The van der Waals surface area contributed by atoms with Crippen molar-refractivity contribution >= 4 is 29.3 Å². The summed E-state index contributed by atoms with van der Waals surface area (Å²) in [5.41, 5.74) is 1.21. The first kappa shape index (κ1) is 27.3. The maximum Gasteiger partial charge on any atom is 0.416 e. The molecule has 0 unspecified atom stereocenters. The fraction of sp³-hybridized carbons (Fsp3) is 0.250. The lowest BCUT2D eigenvalue weighted by atomic mass is 10.0. The molecule has 1 aromatic heterocycles. The van der Waals surface area contributed by atoms with Crippen LogP contribution >= 0.6 is 23.2 Å². The van der Waals surface area contributed by atoms with Crippen molar-refractivity contribution in [2.75, 3.05) is 32.7 Å². The SMILES string of the molecule is FC(F)(F)c1cccc([C@H](c2nnnn2-c2c(Cl)cccc2Cl)N2CCN(CC=Cc3ccccc3)CC2)c1. The van der Waals surface area contributed by atoms with Crippen molar-refractivity contribution in [3.05, 3.63) is 111 Å². The molecule has 39 heavy (non-hydrogen) atoms. The molecule has 0 amide bonds. The summed E-state index contributed by atoms with van der Waals surface area (Å²) >= 11 is 12.9. The summed E-state index contributed by atoms with van der Waals surface area (Å²) in [5.74, 6) is 0.335. The molecule has 1 fully saturated rings. The Morgan fingerprint density at radius 2 is 1.56 bits per heavy atom. The third-order valence-corrected chi connectivity index (χ3v) is 7.27. The van der Waals surface area contributed by atoms with Gasteiger partial charge >= 0.3 is 6.18 Å². The van der Waals surface area contributed by atoms with E-state index in [1.54, 1.807) is 24.3 Å². The van der Waals surface area contributed by atoms with Crippen LogP contribution in [0.25, 0.3) is 11.8 Å². The van der Waals surface area contributed by atoms with E-state index in [-0.39, 0.29) is 0 Å². The Balaban J connectivity index is 1.44. The van der Waals surface area contributed by atoms with Crippen LogP contribution in [0.15, 0.2) is 78.9 Å². The maximum atomic E-state index is 13.7. The zero-order valence-corrected chi connectivity index (χ0v) is 22.3. The van der Waals surface area contributed by atoms with Crippen molar-refractivity contribution in [1.29, 1.82) is 0 Å². The summed E-state index contributed by atoms with van der Waals surface area (Å²) in [4.78, 5) is 4.40. The number of alkyl halides is 3. The van der Waals surface area contributed by atoms with Gasteiger partial charge in [0.15, 0.2) is 5.82 Å². The number of halogens is 5. The van der Waals surface area contributed by atoms with Crippen molar-refractivity contribution in [3.63, 3.8) is 0 Å². The summed E-state index contributed by atoms with van der Waals surface area (Å²) in [6, 6.07) is 19.7. The fourth-order valence-electron chi connectivity index (χ4n) is 4.73. The maximum absolute atomic E-state index is 13.7. The lowest BCUT2D eigenvalue weighted by Gasteiger charge is -2.38. The molecule has 4 aromatic rings. The fourth-order valence-corrected chi connectivity index (χ4v) is 5.29. The summed E-state index contributed by atoms with van der Waals surface area (Å²) in [6.07, 6.45) is -0.281. The minimum atomic E-state index is -4.48. The molecule has 202 valence electrons. The first-order valence-electron chi connectivity index (χ1n) is 12.4. The topological polar surface area (TPSA) is 50.1 Å². The lowest BCUT2D eigenvalue weighted by Crippen LogP contribution is -2.48. The van der Waals surface area contributed by atoms with Gasteiger partial charge in [0, 0.05) is 32.7 Å². The number of rotatable bonds is 7. The Morgan fingerprint density at radius 1 is 0.872 bits per heavy atom. The van der Waals surface area contributed by atoms with Crippen LogP contribution in [-0.4, -0.2) is 62.7 Å². The number of piperazine rings is 1. The Morgan fingerprint density at radius 3 is 2.26 bits per heavy atom. The molecule has 3 aromatic carbocycles. The second-order valence-electron chi connectivity index (χ2n) is 9.19. The molecule has 0 radical (unpaired) electrons. The molecule has 1 saturated heterocycles. The van der Waals surface area contributed by atoms with Gasteiger partial charge in [-0.1, -0.05) is 83.9 Å². The van der Waals surface area contributed by atoms with Gasteiger partial charge < -0.3 is 0 Å². The molecular weight excluding hydrogens is 548 g/mol. The molecular formula is C28H25Cl2F3N6. The Hall–Kier alpha value is -3.24. The van der Waals surface area contributed by atoms with E-state index in [0.29, 0.717) is 40.2 Å². The Bertz CT molecular complexity index is 1410. The smallest absolute Gasteiger partial charge is 0.297 e. The highest BCUT2D eigenvalue weighted by Crippen LogP contribution is 2.36. The van der Waals surface area contributed by atoms with E-state index in [2.05, 4.69) is 37.5 Å². The van der Waals surface area contributed by atoms with Gasteiger partial charge in [0.2, 0.25) is 0 Å². The number of para-hydroxylation sites is 1. The summed E-state index contributed by atoms with van der Waals surface area (Å²) in [5, 5.41) is 12.9. The summed E-state index contributed by atoms with van der Waals surface area (Å²) in [6.45, 7) is 3.42. The first-order valence-corrected chi connectivity index (χ1v) is 13.1. The van der Waals surface area contributed by atoms with E-state index in [9.17, 15) is 13.2 Å². The van der Waals surface area contributed by atoms with Gasteiger partial charge in [-0.15, -0.1) is 5.10 Å². The molecule has 0 bridgehead atoms. The third-order valence-electron chi connectivity index (χ3n) is 6.66. The highest BCUT2D eigenvalue weighted by molar-refractivity contribution is 6.37. The highest BCUT2D eigenvalue weighted by Gasteiger charge is 2.35. The minimum absolute atomic E-state index is 0.328. The number of benzene rings is 3. The number of hydrogen-bond donors (Lipinski definition) is 0. The van der Waals surface area contributed by atoms with Crippen molar-refractivity contribution in [3.8, 4) is 5.69 Å². The van der Waals surface area contributed by atoms with Crippen molar-refractivity contribution in [1.82, 2.24) is 30.0 Å². The van der Waals surface area contributed by atoms with Gasteiger partial charge in [-0.05, 0) is 45.8 Å². The Labute approximate surface area is 234 Å². The van der Waals surface area contributed by atoms with E-state index in [1.807, 2.05) is 30.3 Å². The number of hydrogen-bond acceptors (Lipinski definition) is 5. The van der Waals surface area contributed by atoms with E-state index in [1.165, 1.54) is 10.7 Å². The number of nitrogens with zero attached hydrogens (tertiary/aromatic N) is 6. The van der Waals surface area contributed by atoms with Gasteiger partial charge in [-0.2, -0.15) is 17.9 Å². The average Bonchev–Trinajstić information content (AvgIpc) is 3.39. The van der Waals surface area contributed by atoms with E-state index in [4.69, 9.17) is 23.2 Å². The van der Waals surface area contributed by atoms with Crippen LogP contribution in [0.5, 0.6) is 0 Å². The van der Waals surface area contributed by atoms with Crippen LogP contribution in [0.4, 0.5) is 13.2 Å². The molecule has 11 heteroatoms. The minimum Gasteiger partial charge on any atom is -0.297 e. The van der Waals surface area contributed by atoms with E-state index in [0.717, 1.165) is 37.3 Å². The third kappa shape index (κ3) is 6.33. The van der Waals surface area contributed by atoms with Crippen LogP contribution in [-0.2, 0) is 6.18 Å². The molecule has 0 spiro atoms. The first-order chi connectivity index (χ1) is 18.8. The summed E-state index contributed by atoms with van der Waals surface area (Å²) in [7, 11) is 0. The monoisotopic (exact) mass is 572 g/mol. The second-order valence-corrected chi connectivity index (χ2v) is 10.0. The van der Waals surface area contributed by atoms with Gasteiger partial charge in [0.25, 0.3) is 0 Å². The molecule has 6 nitrogen and oxygen atoms in total. The van der Waals surface area contributed by atoms with Gasteiger partial charge in [-0.25, -0.2) is 0 Å². The average molecular weight is 573 g/mol. The van der Waals surface area contributed by atoms with E-state index >= 15 is 0 Å². The van der Waals surface area contributed by atoms with Crippen LogP contribution in [0, 0.1) is 0 Å². The van der Waals surface area contributed by atoms with Crippen molar-refractivity contribution in [2.45, 2.75) is 12.2 Å². The normalized spacial score (nSPS) is 16.1. The number of tetrazole rings is 1. The van der Waals surface area contributed by atoms with E-state index < -0.39 is 17.8 Å². The molecule has 1 atom stereocenters. The second kappa shape index (κ2) is 11.9. The molecule has 5 rings (SSSR count). The van der Waals surface area contributed by atoms with Crippen molar-refractivity contribution in [2.24, 2.45) is 0 Å². The van der Waals surface area contributed by atoms with Crippen LogP contribution in [0.2, 0.25) is 10.0 Å². The molecule has 0 saturated carbocycles. The van der Waals surface area contributed by atoms with Crippen LogP contribution in [0.3, 0.4) is 0 Å². The predicted molar refractivity (Wildman–Crippen MR) is 146 cm³/mol. The van der Waals surface area contributed by atoms with Gasteiger partial charge in [0.05, 0.1) is 21.7 Å². The largest absolute Gasteiger partial charge is 0.416 e. The quantitative estimate of drug-likeness (QED) is 0.256. The molecule has 1 aliphatic heterocycles. The van der Waals surface area contributed by atoms with Crippen LogP contribution in [0.1, 0.15) is 28.6 Å². The molecule has 0 aliphatic carbocycles. The standard InChI is InChI=1S/C28H25Cl2F3N6/c29-23-12-5-13-24(30)26(23)39-27(34-35-36-39)25(21-10-4-11-22(19-21)28(31,32)33)38-17-15-37(16-18-38)14-6-9-20-7-2-1-3-8-20/h1-13,19,25H,14-18H2/t25-/m1/s1. The van der Waals surface area contributed by atoms with Crippen LogP contribution < -0.4 is 0 Å². The summed E-state index contributed by atoms with van der Waals surface area (Å²) < 4.78 is 42.4. The highest BCUT2D eigenvalue weighted by atomic mass is 35.5. The number of aromatic nitrogens is 4. The zero-order valence-electron chi connectivity index (χ0n) is 20.8.